The molecule has 1 aliphatic rings. The quantitative estimate of drug-likeness (QED) is 0.882. The molecule has 0 aromatic heterocycles. The van der Waals surface area contributed by atoms with Gasteiger partial charge in [0.2, 0.25) is 0 Å². The molecule has 18 heavy (non-hydrogen) atoms. The van der Waals surface area contributed by atoms with E-state index in [1.807, 2.05) is 6.07 Å². The van der Waals surface area contributed by atoms with Crippen LogP contribution in [0.5, 0.6) is 0 Å². The van der Waals surface area contributed by atoms with Crippen molar-refractivity contribution >= 4 is 5.57 Å². The second-order valence-corrected chi connectivity index (χ2v) is 5.33. The van der Waals surface area contributed by atoms with E-state index in [2.05, 4.69) is 42.7 Å². The van der Waals surface area contributed by atoms with E-state index in [0.29, 0.717) is 12.0 Å². The van der Waals surface area contributed by atoms with Crippen molar-refractivity contribution in [3.8, 4) is 0 Å². The highest BCUT2D eigenvalue weighted by Gasteiger charge is 2.25. The van der Waals surface area contributed by atoms with E-state index in [9.17, 15) is 0 Å². The van der Waals surface area contributed by atoms with Crippen molar-refractivity contribution < 1.29 is 0 Å². The molecule has 98 valence electrons. The fourth-order valence-electron chi connectivity index (χ4n) is 2.74. The van der Waals surface area contributed by atoms with Crippen molar-refractivity contribution in [3.05, 3.63) is 42.5 Å². The van der Waals surface area contributed by atoms with Crippen molar-refractivity contribution in [2.24, 2.45) is 11.7 Å². The average molecular weight is 244 g/mol. The van der Waals surface area contributed by atoms with E-state index in [-0.39, 0.29) is 0 Å². The molecule has 1 heterocycles. The van der Waals surface area contributed by atoms with Crippen LogP contribution in [-0.4, -0.2) is 30.6 Å². The van der Waals surface area contributed by atoms with Gasteiger partial charge in [-0.15, -0.1) is 0 Å². The van der Waals surface area contributed by atoms with Crippen LogP contribution in [0.2, 0.25) is 0 Å². The van der Waals surface area contributed by atoms with Gasteiger partial charge in [0, 0.05) is 19.1 Å². The van der Waals surface area contributed by atoms with Crippen molar-refractivity contribution in [1.82, 2.24) is 4.90 Å². The van der Waals surface area contributed by atoms with Gasteiger partial charge >= 0.3 is 0 Å². The van der Waals surface area contributed by atoms with Gasteiger partial charge in [-0.2, -0.15) is 0 Å². The monoisotopic (exact) mass is 244 g/mol. The van der Waals surface area contributed by atoms with Crippen molar-refractivity contribution in [3.63, 3.8) is 0 Å². The maximum atomic E-state index is 6.14. The number of piperidine rings is 1. The summed E-state index contributed by atoms with van der Waals surface area (Å²) in [7, 11) is 0. The first-order valence-electron chi connectivity index (χ1n) is 6.91. The third-order valence-corrected chi connectivity index (χ3v) is 4.00. The molecule has 2 N–H and O–H groups in total. The molecule has 2 atom stereocenters. The first-order valence-corrected chi connectivity index (χ1v) is 6.91. The van der Waals surface area contributed by atoms with Gasteiger partial charge in [0.15, 0.2) is 0 Å². The molecule has 2 rings (SSSR count). The summed E-state index contributed by atoms with van der Waals surface area (Å²) in [5.74, 6) is 0.641. The van der Waals surface area contributed by atoms with Crippen LogP contribution in [0.4, 0.5) is 0 Å². The SMILES string of the molecule is C=C(CN1CCC(N)C(CC)C1)c1ccccc1. The van der Waals surface area contributed by atoms with Gasteiger partial charge in [0.1, 0.15) is 0 Å². The molecule has 1 fully saturated rings. The number of rotatable bonds is 4. The Balaban J connectivity index is 1.92. The molecule has 1 aromatic rings. The second-order valence-electron chi connectivity index (χ2n) is 5.33. The first kappa shape index (κ1) is 13.3. The second kappa shape index (κ2) is 6.17. The summed E-state index contributed by atoms with van der Waals surface area (Å²) >= 11 is 0. The van der Waals surface area contributed by atoms with Crippen LogP contribution in [0.3, 0.4) is 0 Å². The van der Waals surface area contributed by atoms with Crippen LogP contribution in [0.1, 0.15) is 25.3 Å². The van der Waals surface area contributed by atoms with Crippen LogP contribution in [0.25, 0.3) is 5.57 Å². The Morgan fingerprint density at radius 3 is 2.78 bits per heavy atom. The van der Waals surface area contributed by atoms with E-state index in [1.54, 1.807) is 0 Å². The van der Waals surface area contributed by atoms with E-state index in [4.69, 9.17) is 5.73 Å². The largest absolute Gasteiger partial charge is 0.327 e. The summed E-state index contributed by atoms with van der Waals surface area (Å²) in [6.07, 6.45) is 2.29. The Labute approximate surface area is 110 Å². The smallest absolute Gasteiger partial charge is 0.0233 e. The van der Waals surface area contributed by atoms with Crippen LogP contribution in [-0.2, 0) is 0 Å². The van der Waals surface area contributed by atoms with E-state index in [0.717, 1.165) is 26.1 Å². The first-order chi connectivity index (χ1) is 8.70. The van der Waals surface area contributed by atoms with E-state index in [1.165, 1.54) is 17.6 Å². The van der Waals surface area contributed by atoms with Crippen molar-refractivity contribution in [2.75, 3.05) is 19.6 Å². The average Bonchev–Trinajstić information content (AvgIpc) is 2.42. The molecular weight excluding hydrogens is 220 g/mol. The summed E-state index contributed by atoms with van der Waals surface area (Å²) in [5.41, 5.74) is 8.60. The molecular formula is C16H24N2. The third-order valence-electron chi connectivity index (χ3n) is 4.00. The van der Waals surface area contributed by atoms with E-state index >= 15 is 0 Å². The lowest BCUT2D eigenvalue weighted by molar-refractivity contribution is 0.168. The van der Waals surface area contributed by atoms with Crippen molar-refractivity contribution in [2.45, 2.75) is 25.8 Å². The number of hydrogen-bond donors (Lipinski definition) is 1. The fraction of sp³-hybridized carbons (Fsp3) is 0.500. The zero-order chi connectivity index (χ0) is 13.0. The Bertz CT molecular complexity index is 385. The number of nitrogens with two attached hydrogens (primary N) is 1. The zero-order valence-corrected chi connectivity index (χ0v) is 11.3. The maximum Gasteiger partial charge on any atom is 0.0233 e. The topological polar surface area (TPSA) is 29.3 Å². The minimum absolute atomic E-state index is 0.385. The summed E-state index contributed by atoms with van der Waals surface area (Å²) in [5, 5.41) is 0. The van der Waals surface area contributed by atoms with Gasteiger partial charge in [-0.1, -0.05) is 50.3 Å². The Morgan fingerprint density at radius 1 is 1.39 bits per heavy atom. The summed E-state index contributed by atoms with van der Waals surface area (Å²) < 4.78 is 0. The molecule has 0 amide bonds. The molecule has 2 nitrogen and oxygen atoms in total. The molecule has 1 aromatic carbocycles. The Morgan fingerprint density at radius 2 is 2.11 bits per heavy atom. The zero-order valence-electron chi connectivity index (χ0n) is 11.3. The maximum absolute atomic E-state index is 6.14. The van der Waals surface area contributed by atoms with E-state index < -0.39 is 0 Å². The lowest BCUT2D eigenvalue weighted by Crippen LogP contribution is -2.47. The molecule has 0 radical (unpaired) electrons. The normalized spacial score (nSPS) is 25.0. The molecule has 2 heteroatoms. The molecule has 2 unspecified atom stereocenters. The van der Waals surface area contributed by atoms with Crippen LogP contribution in [0, 0.1) is 5.92 Å². The molecule has 0 aliphatic carbocycles. The predicted molar refractivity (Wildman–Crippen MR) is 78.3 cm³/mol. The molecule has 0 saturated carbocycles. The highest BCUT2D eigenvalue weighted by Crippen LogP contribution is 2.21. The van der Waals surface area contributed by atoms with Gasteiger partial charge in [-0.3, -0.25) is 4.90 Å². The van der Waals surface area contributed by atoms with Crippen LogP contribution in [0.15, 0.2) is 36.9 Å². The fourth-order valence-corrected chi connectivity index (χ4v) is 2.74. The minimum atomic E-state index is 0.385. The molecule has 1 saturated heterocycles. The van der Waals surface area contributed by atoms with Gasteiger partial charge < -0.3 is 5.73 Å². The number of nitrogens with zero attached hydrogens (tertiary/aromatic N) is 1. The summed E-state index contributed by atoms with van der Waals surface area (Å²) in [6, 6.07) is 10.8. The van der Waals surface area contributed by atoms with Crippen LogP contribution >= 0.6 is 0 Å². The Kier molecular flexibility index (Phi) is 4.56. The molecule has 0 spiro atoms. The van der Waals surface area contributed by atoms with Gasteiger partial charge in [0.05, 0.1) is 0 Å². The number of likely N-dealkylation sites (tertiary alicyclic amines) is 1. The van der Waals surface area contributed by atoms with Crippen molar-refractivity contribution in [1.29, 1.82) is 0 Å². The summed E-state index contributed by atoms with van der Waals surface area (Å²) in [6.45, 7) is 9.63. The minimum Gasteiger partial charge on any atom is -0.327 e. The highest BCUT2D eigenvalue weighted by molar-refractivity contribution is 5.64. The Hall–Kier alpha value is -1.12. The molecule has 0 bridgehead atoms. The standard InChI is InChI=1S/C16H24N2/c1-3-14-12-18(10-9-16(14)17)11-13(2)15-7-5-4-6-8-15/h4-8,14,16H,2-3,9-12,17H2,1H3. The lowest BCUT2D eigenvalue weighted by atomic mass is 9.90. The molecule has 1 aliphatic heterocycles. The number of benzene rings is 1. The van der Waals surface area contributed by atoms with Gasteiger partial charge in [-0.05, 0) is 30.0 Å². The lowest BCUT2D eigenvalue weighted by Gasteiger charge is -2.36. The van der Waals surface area contributed by atoms with Gasteiger partial charge in [-0.25, -0.2) is 0 Å². The summed E-state index contributed by atoms with van der Waals surface area (Å²) in [4.78, 5) is 2.49. The third kappa shape index (κ3) is 3.21. The number of hydrogen-bond acceptors (Lipinski definition) is 2. The van der Waals surface area contributed by atoms with Crippen LogP contribution < -0.4 is 5.73 Å². The highest BCUT2D eigenvalue weighted by atomic mass is 15.1. The van der Waals surface area contributed by atoms with Gasteiger partial charge in [0.25, 0.3) is 0 Å². The predicted octanol–water partition coefficient (Wildman–Crippen LogP) is 2.76.